The summed E-state index contributed by atoms with van der Waals surface area (Å²) in [5.74, 6) is 0.996. The van der Waals surface area contributed by atoms with E-state index in [1.165, 1.54) is 6.42 Å². The quantitative estimate of drug-likeness (QED) is 0.663. The van der Waals surface area contributed by atoms with Crippen LogP contribution in [0.3, 0.4) is 0 Å². The second kappa shape index (κ2) is 8.00. The van der Waals surface area contributed by atoms with Gasteiger partial charge in [0.2, 0.25) is 0 Å². The molecule has 0 atom stereocenters. The first-order chi connectivity index (χ1) is 15.5. The predicted octanol–water partition coefficient (Wildman–Crippen LogP) is 4.15. The van der Waals surface area contributed by atoms with Gasteiger partial charge in [0, 0.05) is 24.6 Å². The molecule has 3 aromatic rings. The highest BCUT2D eigenvalue weighted by Crippen LogP contribution is 2.33. The van der Waals surface area contributed by atoms with Gasteiger partial charge in [0.25, 0.3) is 11.5 Å². The highest BCUT2D eigenvalue weighted by Gasteiger charge is 2.27. The van der Waals surface area contributed by atoms with Gasteiger partial charge in [-0.05, 0) is 50.5 Å². The van der Waals surface area contributed by atoms with Crippen LogP contribution in [0.25, 0.3) is 11.3 Å². The van der Waals surface area contributed by atoms with E-state index in [1.807, 2.05) is 43.8 Å². The first-order valence-corrected chi connectivity index (χ1v) is 11.3. The molecule has 1 aliphatic carbocycles. The van der Waals surface area contributed by atoms with E-state index in [0.717, 1.165) is 54.7 Å². The lowest BCUT2D eigenvalue weighted by molar-refractivity contribution is 0.101. The highest BCUT2D eigenvalue weighted by atomic mass is 16.5. The molecule has 5 rings (SSSR count). The molecule has 0 bridgehead atoms. The van der Waals surface area contributed by atoms with Crippen molar-refractivity contribution in [3.05, 3.63) is 51.1 Å². The molecule has 0 saturated heterocycles. The molecule has 0 radical (unpaired) electrons. The van der Waals surface area contributed by atoms with E-state index >= 15 is 0 Å². The monoisotopic (exact) mass is 436 g/mol. The summed E-state index contributed by atoms with van der Waals surface area (Å²) >= 11 is 0. The summed E-state index contributed by atoms with van der Waals surface area (Å²) in [6.07, 6.45) is 6.29. The molecule has 8 heteroatoms. The molecule has 8 nitrogen and oxygen atoms in total. The van der Waals surface area contributed by atoms with Gasteiger partial charge in [0.1, 0.15) is 11.4 Å². The lowest BCUT2D eigenvalue weighted by atomic mass is 9.96. The number of amides is 1. The molecule has 1 N–H and O–H groups in total. The Morgan fingerprint density at radius 3 is 2.75 bits per heavy atom. The van der Waals surface area contributed by atoms with Gasteiger partial charge in [-0.25, -0.2) is 4.68 Å². The molecular weight excluding hydrogens is 408 g/mol. The fourth-order valence-corrected chi connectivity index (χ4v) is 4.93. The van der Waals surface area contributed by atoms with Gasteiger partial charge in [0.05, 0.1) is 18.3 Å². The van der Waals surface area contributed by atoms with Crippen molar-refractivity contribution in [1.82, 2.24) is 14.5 Å². The van der Waals surface area contributed by atoms with Crippen LogP contribution in [0.2, 0.25) is 0 Å². The minimum absolute atomic E-state index is 0.162. The van der Waals surface area contributed by atoms with E-state index in [2.05, 4.69) is 10.5 Å². The fourth-order valence-electron chi connectivity index (χ4n) is 4.93. The van der Waals surface area contributed by atoms with Crippen LogP contribution in [0.15, 0.2) is 27.5 Å². The van der Waals surface area contributed by atoms with Crippen molar-refractivity contribution < 1.29 is 14.1 Å². The molecule has 1 saturated carbocycles. The Balaban J connectivity index is 1.42. The van der Waals surface area contributed by atoms with Crippen molar-refractivity contribution in [2.75, 3.05) is 11.9 Å². The summed E-state index contributed by atoms with van der Waals surface area (Å²) in [6, 6.07) is 6.01. The summed E-state index contributed by atoms with van der Waals surface area (Å²) in [6.45, 7) is 4.34. The van der Waals surface area contributed by atoms with Crippen LogP contribution in [0, 0.1) is 13.8 Å². The van der Waals surface area contributed by atoms with E-state index in [-0.39, 0.29) is 17.3 Å². The Hall–Kier alpha value is -3.29. The van der Waals surface area contributed by atoms with Crippen LogP contribution in [-0.4, -0.2) is 27.0 Å². The molecule has 1 fully saturated rings. The number of hydrogen-bond donors (Lipinski definition) is 1. The number of aromatic nitrogens is 3. The van der Waals surface area contributed by atoms with Crippen LogP contribution < -0.4 is 15.6 Å². The lowest BCUT2D eigenvalue weighted by Gasteiger charge is -2.24. The van der Waals surface area contributed by atoms with E-state index in [0.29, 0.717) is 23.6 Å². The third-order valence-electron chi connectivity index (χ3n) is 6.84. The van der Waals surface area contributed by atoms with E-state index in [4.69, 9.17) is 9.26 Å². The van der Waals surface area contributed by atoms with Gasteiger partial charge in [-0.2, -0.15) is 0 Å². The van der Waals surface area contributed by atoms with Crippen LogP contribution >= 0.6 is 0 Å². The van der Waals surface area contributed by atoms with Crippen molar-refractivity contribution in [3.8, 4) is 17.1 Å². The minimum Gasteiger partial charge on any atom is -0.493 e. The highest BCUT2D eigenvalue weighted by molar-refractivity contribution is 6.04. The Morgan fingerprint density at radius 2 is 1.97 bits per heavy atom. The zero-order valence-electron chi connectivity index (χ0n) is 18.7. The number of nitrogens with one attached hydrogen (secondary N) is 1. The van der Waals surface area contributed by atoms with E-state index in [1.54, 1.807) is 4.68 Å². The van der Waals surface area contributed by atoms with E-state index in [9.17, 15) is 9.59 Å². The van der Waals surface area contributed by atoms with Gasteiger partial charge >= 0.3 is 0 Å². The molecule has 0 spiro atoms. The Morgan fingerprint density at radius 1 is 1.19 bits per heavy atom. The van der Waals surface area contributed by atoms with Crippen molar-refractivity contribution in [2.45, 2.75) is 58.4 Å². The van der Waals surface area contributed by atoms with Crippen molar-refractivity contribution in [2.24, 2.45) is 7.05 Å². The lowest BCUT2D eigenvalue weighted by Crippen LogP contribution is -2.29. The number of fused-ring (bicyclic) bond motifs is 1. The number of carbonyl (C=O) groups excluding carboxylic acids is 1. The Bertz CT molecular complexity index is 1240. The number of ether oxygens (including phenoxy) is 1. The number of benzene rings is 1. The molecule has 2 aliphatic rings. The molecule has 1 aromatic carbocycles. The number of anilines is 1. The van der Waals surface area contributed by atoms with Crippen LogP contribution in [0.4, 0.5) is 5.69 Å². The fraction of sp³-hybridized carbons (Fsp3) is 0.458. The normalized spacial score (nSPS) is 16.1. The van der Waals surface area contributed by atoms with Crippen LogP contribution in [0.5, 0.6) is 5.75 Å². The molecule has 0 unspecified atom stereocenters. The maximum absolute atomic E-state index is 13.2. The predicted molar refractivity (Wildman–Crippen MR) is 120 cm³/mol. The molecular formula is C24H28N4O4. The summed E-state index contributed by atoms with van der Waals surface area (Å²) < 4.78 is 14.8. The average molecular weight is 437 g/mol. The molecule has 1 amide bonds. The van der Waals surface area contributed by atoms with Crippen molar-refractivity contribution in [3.63, 3.8) is 0 Å². The van der Waals surface area contributed by atoms with Crippen LogP contribution in [0.1, 0.15) is 65.5 Å². The zero-order chi connectivity index (χ0) is 22.4. The molecule has 32 heavy (non-hydrogen) atoms. The second-order valence-corrected chi connectivity index (χ2v) is 8.79. The summed E-state index contributed by atoms with van der Waals surface area (Å²) in [7, 11) is 1.87. The van der Waals surface area contributed by atoms with Gasteiger partial charge in [-0.3, -0.25) is 14.3 Å². The first-order valence-electron chi connectivity index (χ1n) is 11.3. The van der Waals surface area contributed by atoms with Gasteiger partial charge in [0.15, 0.2) is 11.5 Å². The van der Waals surface area contributed by atoms with Crippen molar-refractivity contribution >= 4 is 11.6 Å². The first kappa shape index (κ1) is 20.6. The standard InChI is InChI=1S/C24H28N4O4/c1-14-20(26-32-22(14)17-9-10-19-16(13-17)11-12-31-19)23(29)25-21-15(2)27(3)28(24(21)30)18-7-5-4-6-8-18/h9-10,13,18H,4-8,11-12H2,1-3H3,(H,25,29). The number of carbonyl (C=O) groups is 1. The zero-order valence-corrected chi connectivity index (χ0v) is 18.7. The third-order valence-corrected chi connectivity index (χ3v) is 6.84. The van der Waals surface area contributed by atoms with Gasteiger partial charge < -0.3 is 14.6 Å². The maximum atomic E-state index is 13.2. The summed E-state index contributed by atoms with van der Waals surface area (Å²) in [5.41, 5.74) is 3.67. The Labute approximate surface area is 186 Å². The van der Waals surface area contributed by atoms with Crippen molar-refractivity contribution in [1.29, 1.82) is 0 Å². The average Bonchev–Trinajstić information content (AvgIpc) is 3.47. The van der Waals surface area contributed by atoms with Gasteiger partial charge in [-0.15, -0.1) is 0 Å². The molecule has 168 valence electrons. The molecule has 3 heterocycles. The maximum Gasteiger partial charge on any atom is 0.291 e. The number of rotatable bonds is 4. The number of hydrogen-bond acceptors (Lipinski definition) is 5. The number of nitrogens with zero attached hydrogens (tertiary/aromatic N) is 3. The second-order valence-electron chi connectivity index (χ2n) is 8.79. The van der Waals surface area contributed by atoms with Gasteiger partial charge in [-0.1, -0.05) is 24.4 Å². The SMILES string of the molecule is Cc1c(C(=O)Nc2c(C)n(C)n(C3CCCCC3)c2=O)noc1-c1ccc2c(c1)CCO2. The Kier molecular flexibility index (Phi) is 5.15. The summed E-state index contributed by atoms with van der Waals surface area (Å²) in [5, 5.41) is 6.83. The molecule has 1 aliphatic heterocycles. The third kappa shape index (κ3) is 3.34. The smallest absolute Gasteiger partial charge is 0.291 e. The topological polar surface area (TPSA) is 91.3 Å². The molecule has 2 aromatic heterocycles. The largest absolute Gasteiger partial charge is 0.493 e. The van der Waals surface area contributed by atoms with Crippen LogP contribution in [-0.2, 0) is 13.5 Å². The summed E-state index contributed by atoms with van der Waals surface area (Å²) in [4.78, 5) is 26.2. The minimum atomic E-state index is -0.441. The van der Waals surface area contributed by atoms with E-state index < -0.39 is 5.91 Å².